The number of carbonyl (C=O) groups is 2. The van der Waals surface area contributed by atoms with E-state index < -0.39 is 40.1 Å². The smallest absolute Gasteiger partial charge is 0.332 e. The number of rotatable bonds is 5. The second-order valence-electron chi connectivity index (χ2n) is 5.82. The second kappa shape index (κ2) is 6.10. The summed E-state index contributed by atoms with van der Waals surface area (Å²) in [5.41, 5.74) is 2.26. The van der Waals surface area contributed by atoms with Gasteiger partial charge in [0, 0.05) is 6.07 Å². The largest absolute Gasteiger partial charge is 0.481 e. The Kier molecular flexibility index (Phi) is 4.87. The fraction of sp³-hybridized carbons (Fsp3) is 0.429. The summed E-state index contributed by atoms with van der Waals surface area (Å²) in [5, 5.41) is 20.1. The molecular weight excluding hydrogens is 292 g/mol. The van der Waals surface area contributed by atoms with Gasteiger partial charge in [-0.25, -0.2) is 4.79 Å². The average Bonchev–Trinajstić information content (AvgIpc) is 2.35. The van der Waals surface area contributed by atoms with Gasteiger partial charge >= 0.3 is 11.9 Å². The average molecular weight is 310 g/mol. The van der Waals surface area contributed by atoms with Gasteiger partial charge in [-0.05, 0) is 26.8 Å². The molecule has 22 heavy (non-hydrogen) atoms. The van der Waals surface area contributed by atoms with Crippen LogP contribution in [0.2, 0.25) is 0 Å². The SMILES string of the molecule is CC(C)(C)OC(=O)[C@@](N)(CC(=O)O)c1ccccc1[N+](=O)[O-]. The number of para-hydroxylation sites is 1. The summed E-state index contributed by atoms with van der Waals surface area (Å²) in [7, 11) is 0. The maximum Gasteiger partial charge on any atom is 0.332 e. The number of carboxylic acid groups (broad SMARTS) is 1. The predicted octanol–water partition coefficient (Wildman–Crippen LogP) is 1.57. The summed E-state index contributed by atoms with van der Waals surface area (Å²) in [6.45, 7) is 4.77. The first-order chi connectivity index (χ1) is 9.97. The first kappa shape index (κ1) is 17.6. The minimum Gasteiger partial charge on any atom is -0.481 e. The Morgan fingerprint density at radius 3 is 2.32 bits per heavy atom. The number of carbonyl (C=O) groups excluding carboxylic acids is 1. The van der Waals surface area contributed by atoms with Gasteiger partial charge < -0.3 is 15.6 Å². The maximum absolute atomic E-state index is 12.4. The predicted molar refractivity (Wildman–Crippen MR) is 77.1 cm³/mol. The van der Waals surface area contributed by atoms with Crippen LogP contribution in [0.15, 0.2) is 24.3 Å². The number of nitro groups is 1. The van der Waals surface area contributed by atoms with Crippen LogP contribution in [-0.2, 0) is 19.9 Å². The maximum atomic E-state index is 12.4. The van der Waals surface area contributed by atoms with Gasteiger partial charge in [0.15, 0.2) is 5.54 Å². The topological polar surface area (TPSA) is 133 Å². The number of esters is 1. The van der Waals surface area contributed by atoms with Gasteiger partial charge in [-0.1, -0.05) is 12.1 Å². The van der Waals surface area contributed by atoms with Crippen LogP contribution in [0.1, 0.15) is 32.8 Å². The van der Waals surface area contributed by atoms with Crippen molar-refractivity contribution >= 4 is 17.6 Å². The number of hydrogen-bond acceptors (Lipinski definition) is 6. The highest BCUT2D eigenvalue weighted by molar-refractivity contribution is 5.89. The highest BCUT2D eigenvalue weighted by Gasteiger charge is 2.45. The minimum atomic E-state index is -2.15. The fourth-order valence-electron chi connectivity index (χ4n) is 1.90. The molecule has 0 aliphatic rings. The summed E-state index contributed by atoms with van der Waals surface area (Å²) in [6.07, 6.45) is -0.827. The van der Waals surface area contributed by atoms with Gasteiger partial charge in [-0.2, -0.15) is 0 Å². The molecule has 3 N–H and O–H groups in total. The van der Waals surface area contributed by atoms with Gasteiger partial charge in [-0.3, -0.25) is 14.9 Å². The van der Waals surface area contributed by atoms with E-state index >= 15 is 0 Å². The Bertz CT molecular complexity index is 608. The second-order valence-corrected chi connectivity index (χ2v) is 5.82. The van der Waals surface area contributed by atoms with E-state index in [1.807, 2.05) is 0 Å². The van der Waals surface area contributed by atoms with Crippen LogP contribution < -0.4 is 5.73 Å². The molecule has 0 saturated heterocycles. The summed E-state index contributed by atoms with van der Waals surface area (Å²) in [4.78, 5) is 33.8. The van der Waals surface area contributed by atoms with Crippen LogP contribution in [-0.4, -0.2) is 27.6 Å². The summed E-state index contributed by atoms with van der Waals surface area (Å²) in [6, 6.07) is 5.25. The monoisotopic (exact) mass is 310 g/mol. The lowest BCUT2D eigenvalue weighted by Gasteiger charge is -2.30. The quantitative estimate of drug-likeness (QED) is 0.479. The van der Waals surface area contributed by atoms with Crippen LogP contribution in [0.5, 0.6) is 0 Å². The van der Waals surface area contributed by atoms with Crippen molar-refractivity contribution in [3.63, 3.8) is 0 Å². The van der Waals surface area contributed by atoms with Gasteiger partial charge in [0.05, 0.1) is 16.9 Å². The van der Waals surface area contributed by atoms with E-state index in [9.17, 15) is 19.7 Å². The molecule has 0 bridgehead atoms. The molecule has 0 amide bonds. The number of hydrogen-bond donors (Lipinski definition) is 2. The zero-order valence-electron chi connectivity index (χ0n) is 12.5. The molecule has 0 radical (unpaired) electrons. The molecule has 1 rings (SSSR count). The molecule has 1 atom stereocenters. The Hall–Kier alpha value is -2.48. The Morgan fingerprint density at radius 1 is 1.32 bits per heavy atom. The Labute approximate surface area is 127 Å². The first-order valence-corrected chi connectivity index (χ1v) is 6.45. The molecule has 120 valence electrons. The highest BCUT2D eigenvalue weighted by atomic mass is 16.6. The van der Waals surface area contributed by atoms with E-state index in [1.165, 1.54) is 18.2 Å². The Morgan fingerprint density at radius 2 is 1.86 bits per heavy atom. The molecule has 0 saturated carbocycles. The van der Waals surface area contributed by atoms with E-state index in [4.69, 9.17) is 15.6 Å². The van der Waals surface area contributed by atoms with Gasteiger partial charge in [0.25, 0.3) is 5.69 Å². The van der Waals surface area contributed by atoms with E-state index in [0.29, 0.717) is 0 Å². The van der Waals surface area contributed by atoms with E-state index in [-0.39, 0.29) is 5.56 Å². The van der Waals surface area contributed by atoms with Crippen LogP contribution in [0.25, 0.3) is 0 Å². The van der Waals surface area contributed by atoms with Crippen molar-refractivity contribution in [1.29, 1.82) is 0 Å². The standard InChI is InChI=1S/C14H18N2O6/c1-13(2,3)22-12(19)14(15,8-11(17)18)9-6-4-5-7-10(9)16(20)21/h4-7H,8,15H2,1-3H3,(H,17,18)/t14-/m1/s1. The highest BCUT2D eigenvalue weighted by Crippen LogP contribution is 2.33. The molecule has 1 aromatic rings. The van der Waals surface area contributed by atoms with E-state index in [0.717, 1.165) is 6.07 Å². The number of ether oxygens (including phenoxy) is 1. The lowest BCUT2D eigenvalue weighted by Crippen LogP contribution is -2.50. The third kappa shape index (κ3) is 4.01. The number of nitro benzene ring substituents is 1. The summed E-state index contributed by atoms with van der Waals surface area (Å²) < 4.78 is 5.14. The minimum absolute atomic E-state index is 0.198. The van der Waals surface area contributed by atoms with Crippen molar-refractivity contribution in [2.75, 3.05) is 0 Å². The molecular formula is C14H18N2O6. The number of nitrogens with two attached hydrogens (primary N) is 1. The number of nitrogens with zero attached hydrogens (tertiary/aromatic N) is 1. The zero-order chi connectivity index (χ0) is 17.1. The van der Waals surface area contributed by atoms with Crippen LogP contribution in [0.3, 0.4) is 0 Å². The molecule has 8 heteroatoms. The van der Waals surface area contributed by atoms with Crippen LogP contribution >= 0.6 is 0 Å². The third-order valence-corrected chi connectivity index (χ3v) is 2.77. The molecule has 0 spiro atoms. The van der Waals surface area contributed by atoms with Crippen LogP contribution in [0.4, 0.5) is 5.69 Å². The molecule has 0 aliphatic carbocycles. The molecule has 0 heterocycles. The van der Waals surface area contributed by atoms with Crippen molar-refractivity contribution in [1.82, 2.24) is 0 Å². The summed E-state index contributed by atoms with van der Waals surface area (Å²) in [5.74, 6) is -2.40. The molecule has 0 aromatic heterocycles. The van der Waals surface area contributed by atoms with Crippen molar-refractivity contribution in [3.05, 3.63) is 39.9 Å². The summed E-state index contributed by atoms with van der Waals surface area (Å²) >= 11 is 0. The molecule has 1 aromatic carbocycles. The molecule has 0 fully saturated rings. The van der Waals surface area contributed by atoms with Gasteiger partial charge in [0.2, 0.25) is 0 Å². The van der Waals surface area contributed by atoms with Crippen molar-refractivity contribution in [3.8, 4) is 0 Å². The molecule has 0 aliphatic heterocycles. The first-order valence-electron chi connectivity index (χ1n) is 6.45. The lowest BCUT2D eigenvalue weighted by atomic mass is 9.86. The zero-order valence-corrected chi connectivity index (χ0v) is 12.5. The normalized spacial score (nSPS) is 14.0. The van der Waals surface area contributed by atoms with Gasteiger partial charge in [-0.15, -0.1) is 0 Å². The van der Waals surface area contributed by atoms with Crippen molar-refractivity contribution < 1.29 is 24.4 Å². The van der Waals surface area contributed by atoms with Crippen molar-refractivity contribution in [2.45, 2.75) is 38.3 Å². The van der Waals surface area contributed by atoms with E-state index in [2.05, 4.69) is 0 Å². The van der Waals surface area contributed by atoms with Crippen LogP contribution in [0, 0.1) is 10.1 Å². The fourth-order valence-corrected chi connectivity index (χ4v) is 1.90. The number of carboxylic acids is 1. The number of aliphatic carboxylic acids is 1. The lowest BCUT2D eigenvalue weighted by molar-refractivity contribution is -0.386. The number of benzene rings is 1. The third-order valence-electron chi connectivity index (χ3n) is 2.77. The van der Waals surface area contributed by atoms with Gasteiger partial charge in [0.1, 0.15) is 5.60 Å². The molecule has 0 unspecified atom stereocenters. The van der Waals surface area contributed by atoms with Crippen molar-refractivity contribution in [2.24, 2.45) is 5.73 Å². The molecule has 8 nitrogen and oxygen atoms in total. The van der Waals surface area contributed by atoms with E-state index in [1.54, 1.807) is 20.8 Å². The Balaban J connectivity index is 3.43.